The zero-order valence-corrected chi connectivity index (χ0v) is 8.83. The fraction of sp³-hybridized carbons (Fsp3) is 0.900. The van der Waals surface area contributed by atoms with Crippen molar-refractivity contribution in [2.24, 2.45) is 5.73 Å². The number of hydrogen-bond acceptors (Lipinski definition) is 3. The molecule has 1 unspecified atom stereocenters. The van der Waals surface area contributed by atoms with Crippen molar-refractivity contribution < 1.29 is 9.90 Å². The Labute approximate surface area is 85.1 Å². The third-order valence-electron chi connectivity index (χ3n) is 2.84. The lowest BCUT2D eigenvalue weighted by molar-refractivity contribution is -0.142. The molecule has 1 aliphatic rings. The van der Waals surface area contributed by atoms with Gasteiger partial charge in [0, 0.05) is 6.54 Å². The van der Waals surface area contributed by atoms with Gasteiger partial charge in [-0.1, -0.05) is 13.3 Å². The van der Waals surface area contributed by atoms with Crippen molar-refractivity contribution in [3.05, 3.63) is 0 Å². The second-order valence-electron chi connectivity index (χ2n) is 4.13. The average molecular weight is 200 g/mol. The molecule has 4 heteroatoms. The molecule has 3 N–H and O–H groups in total. The monoisotopic (exact) mass is 200 g/mol. The number of primary amides is 1. The molecule has 0 spiro atoms. The van der Waals surface area contributed by atoms with Crippen molar-refractivity contribution in [1.82, 2.24) is 4.90 Å². The molecule has 4 nitrogen and oxygen atoms in total. The Hall–Kier alpha value is -0.610. The Morgan fingerprint density at radius 1 is 1.64 bits per heavy atom. The van der Waals surface area contributed by atoms with Gasteiger partial charge in [-0.15, -0.1) is 0 Å². The topological polar surface area (TPSA) is 66.6 Å². The quantitative estimate of drug-likeness (QED) is 0.676. The molecule has 0 bridgehead atoms. The summed E-state index contributed by atoms with van der Waals surface area (Å²) in [5, 5.41) is 9.90. The van der Waals surface area contributed by atoms with Gasteiger partial charge in [-0.05, 0) is 32.4 Å². The molecular formula is C10H20N2O2. The van der Waals surface area contributed by atoms with E-state index in [0.29, 0.717) is 13.0 Å². The summed E-state index contributed by atoms with van der Waals surface area (Å²) in [7, 11) is 0. The van der Waals surface area contributed by atoms with Crippen LogP contribution in [0.2, 0.25) is 0 Å². The van der Waals surface area contributed by atoms with Crippen LogP contribution in [0.15, 0.2) is 0 Å². The minimum atomic E-state index is -1.29. The first-order valence-electron chi connectivity index (χ1n) is 5.33. The van der Waals surface area contributed by atoms with Crippen molar-refractivity contribution >= 4 is 5.91 Å². The van der Waals surface area contributed by atoms with Gasteiger partial charge in [-0.3, -0.25) is 9.69 Å². The molecular weight excluding hydrogens is 180 g/mol. The lowest BCUT2D eigenvalue weighted by Gasteiger charge is -2.36. The highest BCUT2D eigenvalue weighted by atomic mass is 16.3. The van der Waals surface area contributed by atoms with Crippen molar-refractivity contribution in [2.45, 2.75) is 38.2 Å². The van der Waals surface area contributed by atoms with Crippen molar-refractivity contribution in [3.8, 4) is 0 Å². The second kappa shape index (κ2) is 4.75. The van der Waals surface area contributed by atoms with E-state index in [1.165, 1.54) is 0 Å². The van der Waals surface area contributed by atoms with E-state index in [2.05, 4.69) is 11.8 Å². The third-order valence-corrected chi connectivity index (χ3v) is 2.84. The number of rotatable bonds is 4. The molecule has 0 saturated carbocycles. The molecule has 1 rings (SSSR count). The Bertz CT molecular complexity index is 208. The predicted molar refractivity (Wildman–Crippen MR) is 54.7 cm³/mol. The average Bonchev–Trinajstić information content (AvgIpc) is 2.15. The summed E-state index contributed by atoms with van der Waals surface area (Å²) in [6.07, 6.45) is 3.59. The Morgan fingerprint density at radius 3 is 2.93 bits per heavy atom. The van der Waals surface area contributed by atoms with Crippen LogP contribution in [0.5, 0.6) is 0 Å². The number of nitrogens with zero attached hydrogens (tertiary/aromatic N) is 1. The summed E-state index contributed by atoms with van der Waals surface area (Å²) < 4.78 is 0. The highest BCUT2D eigenvalue weighted by molar-refractivity contribution is 5.83. The predicted octanol–water partition coefficient (Wildman–Crippen LogP) is 0.0987. The van der Waals surface area contributed by atoms with Gasteiger partial charge in [0.05, 0.1) is 0 Å². The summed E-state index contributed by atoms with van der Waals surface area (Å²) in [4.78, 5) is 13.2. The summed E-state index contributed by atoms with van der Waals surface area (Å²) in [6, 6.07) is 0. The maximum Gasteiger partial charge on any atom is 0.250 e. The van der Waals surface area contributed by atoms with E-state index >= 15 is 0 Å². The first-order chi connectivity index (χ1) is 6.58. The fourth-order valence-electron chi connectivity index (χ4n) is 1.90. The first kappa shape index (κ1) is 11.5. The van der Waals surface area contributed by atoms with Crippen LogP contribution in [0.25, 0.3) is 0 Å². The Morgan fingerprint density at radius 2 is 2.36 bits per heavy atom. The highest BCUT2D eigenvalue weighted by Gasteiger charge is 2.38. The number of aliphatic hydroxyl groups is 1. The second-order valence-corrected chi connectivity index (χ2v) is 4.13. The van der Waals surface area contributed by atoms with E-state index in [0.717, 1.165) is 32.4 Å². The van der Waals surface area contributed by atoms with Gasteiger partial charge in [0.15, 0.2) is 5.60 Å². The van der Waals surface area contributed by atoms with Gasteiger partial charge in [-0.2, -0.15) is 0 Å². The number of piperidine rings is 1. The van der Waals surface area contributed by atoms with Gasteiger partial charge in [0.25, 0.3) is 5.91 Å². The van der Waals surface area contributed by atoms with Crippen LogP contribution < -0.4 is 5.73 Å². The van der Waals surface area contributed by atoms with Gasteiger partial charge < -0.3 is 10.8 Å². The number of likely N-dealkylation sites (tertiary alicyclic amines) is 1. The van der Waals surface area contributed by atoms with Gasteiger partial charge in [-0.25, -0.2) is 0 Å². The molecule has 0 aromatic rings. The standard InChI is InChI=1S/C10H20N2O2/c1-2-3-6-12-7-4-5-10(14,8-12)9(11)13/h14H,2-8H2,1H3,(H2,11,13). The lowest BCUT2D eigenvalue weighted by atomic mass is 9.92. The highest BCUT2D eigenvalue weighted by Crippen LogP contribution is 2.20. The van der Waals surface area contributed by atoms with Crippen molar-refractivity contribution in [3.63, 3.8) is 0 Å². The molecule has 0 aliphatic carbocycles. The van der Waals surface area contributed by atoms with Crippen LogP contribution in [-0.2, 0) is 4.79 Å². The SMILES string of the molecule is CCCCN1CCCC(O)(C(N)=O)C1. The molecule has 1 heterocycles. The summed E-state index contributed by atoms with van der Waals surface area (Å²) in [5.74, 6) is -0.585. The molecule has 0 radical (unpaired) electrons. The molecule has 1 atom stereocenters. The van der Waals surface area contributed by atoms with Crippen molar-refractivity contribution in [1.29, 1.82) is 0 Å². The van der Waals surface area contributed by atoms with E-state index in [-0.39, 0.29) is 0 Å². The molecule has 1 amide bonds. The Balaban J connectivity index is 2.46. The molecule has 1 aliphatic heterocycles. The number of carbonyl (C=O) groups is 1. The summed E-state index contributed by atoms with van der Waals surface area (Å²) >= 11 is 0. The summed E-state index contributed by atoms with van der Waals surface area (Å²) in [6.45, 7) is 4.45. The molecule has 1 saturated heterocycles. The molecule has 0 aromatic carbocycles. The molecule has 14 heavy (non-hydrogen) atoms. The maximum absolute atomic E-state index is 11.0. The van der Waals surface area contributed by atoms with E-state index in [9.17, 15) is 9.90 Å². The normalized spacial score (nSPS) is 29.0. The number of β-amino-alcohol motifs (C(OH)–C–C–N with tert-alkyl or cyclic N) is 1. The number of hydrogen-bond donors (Lipinski definition) is 2. The van der Waals surface area contributed by atoms with Crippen LogP contribution in [-0.4, -0.2) is 41.1 Å². The zero-order valence-electron chi connectivity index (χ0n) is 8.83. The molecule has 82 valence electrons. The van der Waals surface area contributed by atoms with E-state index in [1.807, 2.05) is 0 Å². The Kier molecular flexibility index (Phi) is 3.89. The fourth-order valence-corrected chi connectivity index (χ4v) is 1.90. The van der Waals surface area contributed by atoms with E-state index in [4.69, 9.17) is 5.73 Å². The van der Waals surface area contributed by atoms with Crippen LogP contribution in [0, 0.1) is 0 Å². The van der Waals surface area contributed by atoms with E-state index in [1.54, 1.807) is 0 Å². The lowest BCUT2D eigenvalue weighted by Crippen LogP contribution is -2.55. The van der Waals surface area contributed by atoms with Crippen LogP contribution in [0.3, 0.4) is 0 Å². The maximum atomic E-state index is 11.0. The van der Waals surface area contributed by atoms with Crippen molar-refractivity contribution in [2.75, 3.05) is 19.6 Å². The molecule has 1 fully saturated rings. The largest absolute Gasteiger partial charge is 0.379 e. The van der Waals surface area contributed by atoms with Gasteiger partial charge >= 0.3 is 0 Å². The van der Waals surface area contributed by atoms with Gasteiger partial charge in [0.1, 0.15) is 0 Å². The minimum Gasteiger partial charge on any atom is -0.379 e. The number of carbonyl (C=O) groups excluding carboxylic acids is 1. The third kappa shape index (κ3) is 2.69. The minimum absolute atomic E-state index is 0.405. The zero-order chi connectivity index (χ0) is 10.6. The first-order valence-corrected chi connectivity index (χ1v) is 5.33. The van der Waals surface area contributed by atoms with Crippen LogP contribution in [0.1, 0.15) is 32.6 Å². The van der Waals surface area contributed by atoms with Gasteiger partial charge in [0.2, 0.25) is 0 Å². The van der Waals surface area contributed by atoms with Crippen LogP contribution >= 0.6 is 0 Å². The number of unbranched alkanes of at least 4 members (excludes halogenated alkanes) is 1. The number of amides is 1. The van der Waals surface area contributed by atoms with E-state index < -0.39 is 11.5 Å². The van der Waals surface area contributed by atoms with Crippen LogP contribution in [0.4, 0.5) is 0 Å². The molecule has 0 aromatic heterocycles. The smallest absolute Gasteiger partial charge is 0.250 e. The number of nitrogens with two attached hydrogens (primary N) is 1. The summed E-state index contributed by atoms with van der Waals surface area (Å²) in [5.41, 5.74) is 3.89.